The average molecular weight is 322 g/mol. The molecule has 0 spiro atoms. The summed E-state index contributed by atoms with van der Waals surface area (Å²) < 4.78 is 5.56. The number of para-hydroxylation sites is 1. The van der Waals surface area contributed by atoms with E-state index in [1.54, 1.807) is 12.3 Å². The number of pyridine rings is 1. The van der Waals surface area contributed by atoms with Crippen LogP contribution < -0.4 is 15.4 Å². The number of aryl methyl sites for hydroxylation is 1. The predicted octanol–water partition coefficient (Wildman–Crippen LogP) is 3.41. The van der Waals surface area contributed by atoms with Crippen LogP contribution in [0.25, 0.3) is 0 Å². The lowest BCUT2D eigenvalue weighted by Crippen LogP contribution is -2.32. The third-order valence-corrected chi connectivity index (χ3v) is 3.19. The van der Waals surface area contributed by atoms with Crippen LogP contribution in [-0.2, 0) is 0 Å². The number of ether oxygens (including phenoxy) is 1. The van der Waals surface area contributed by atoms with E-state index in [0.717, 1.165) is 5.56 Å². The van der Waals surface area contributed by atoms with E-state index in [4.69, 9.17) is 28.6 Å². The summed E-state index contributed by atoms with van der Waals surface area (Å²) in [5, 5.41) is 7.16. The molecule has 2 aromatic rings. The summed E-state index contributed by atoms with van der Waals surface area (Å²) >= 11 is 11.2. The maximum Gasteiger partial charge on any atom is 0.172 e. The third kappa shape index (κ3) is 5.21. The van der Waals surface area contributed by atoms with E-state index in [-0.39, 0.29) is 0 Å². The lowest BCUT2D eigenvalue weighted by molar-refractivity contribution is 0.323. The van der Waals surface area contributed by atoms with Crippen LogP contribution in [0.1, 0.15) is 5.56 Å². The molecule has 2 N–H and O–H groups in total. The van der Waals surface area contributed by atoms with Crippen molar-refractivity contribution in [1.82, 2.24) is 10.3 Å². The van der Waals surface area contributed by atoms with Gasteiger partial charge in [-0.1, -0.05) is 29.8 Å². The largest absolute Gasteiger partial charge is 0.490 e. The molecule has 1 aromatic carbocycles. The maximum absolute atomic E-state index is 5.99. The van der Waals surface area contributed by atoms with Crippen molar-refractivity contribution in [2.75, 3.05) is 18.5 Å². The van der Waals surface area contributed by atoms with Gasteiger partial charge in [0.05, 0.1) is 11.6 Å². The van der Waals surface area contributed by atoms with Crippen LogP contribution in [-0.4, -0.2) is 23.2 Å². The molecule has 0 fully saturated rings. The van der Waals surface area contributed by atoms with Crippen LogP contribution in [0.3, 0.4) is 0 Å². The molecule has 2 rings (SSSR count). The zero-order chi connectivity index (χ0) is 15.1. The number of nitrogens with zero attached hydrogens (tertiary/aromatic N) is 1. The predicted molar refractivity (Wildman–Crippen MR) is 90.1 cm³/mol. The van der Waals surface area contributed by atoms with Gasteiger partial charge in [-0.3, -0.25) is 0 Å². The van der Waals surface area contributed by atoms with Crippen molar-refractivity contribution in [3.8, 4) is 5.75 Å². The van der Waals surface area contributed by atoms with Gasteiger partial charge in [0.2, 0.25) is 0 Å². The molecule has 1 aromatic heterocycles. The molecule has 0 unspecified atom stereocenters. The molecular formula is C15H16ClN3OS. The van der Waals surface area contributed by atoms with Crippen LogP contribution in [0.2, 0.25) is 5.02 Å². The van der Waals surface area contributed by atoms with E-state index in [2.05, 4.69) is 15.6 Å². The van der Waals surface area contributed by atoms with Gasteiger partial charge >= 0.3 is 0 Å². The van der Waals surface area contributed by atoms with Crippen molar-refractivity contribution in [3.63, 3.8) is 0 Å². The zero-order valence-electron chi connectivity index (χ0n) is 11.6. The number of hydrogen-bond donors (Lipinski definition) is 2. The Bertz CT molecular complexity index is 604. The van der Waals surface area contributed by atoms with Gasteiger partial charge < -0.3 is 15.4 Å². The Hall–Kier alpha value is -1.85. The fourth-order valence-electron chi connectivity index (χ4n) is 1.59. The van der Waals surface area contributed by atoms with Gasteiger partial charge in [0.1, 0.15) is 18.2 Å². The summed E-state index contributed by atoms with van der Waals surface area (Å²) in [7, 11) is 0. The average Bonchev–Trinajstić information content (AvgIpc) is 2.48. The SMILES string of the molecule is Cc1ccc(NC(=S)NCCOc2ccccc2Cl)nc1. The quantitative estimate of drug-likeness (QED) is 0.653. The second-order valence-corrected chi connectivity index (χ2v) is 5.20. The highest BCUT2D eigenvalue weighted by Crippen LogP contribution is 2.22. The Kier molecular flexibility index (Phi) is 5.78. The summed E-state index contributed by atoms with van der Waals surface area (Å²) in [5.74, 6) is 1.38. The first-order valence-corrected chi connectivity index (χ1v) is 7.28. The minimum absolute atomic E-state index is 0.465. The number of aromatic nitrogens is 1. The first-order chi connectivity index (χ1) is 10.1. The molecule has 0 bridgehead atoms. The van der Waals surface area contributed by atoms with Gasteiger partial charge in [-0.05, 0) is 42.9 Å². The number of halogens is 1. The van der Waals surface area contributed by atoms with Gasteiger partial charge in [0, 0.05) is 6.20 Å². The number of benzene rings is 1. The van der Waals surface area contributed by atoms with E-state index < -0.39 is 0 Å². The standard InChI is InChI=1S/C15H16ClN3OS/c1-11-6-7-14(18-10-11)19-15(21)17-8-9-20-13-5-3-2-4-12(13)16/h2-7,10H,8-9H2,1H3,(H2,17,18,19,21). The normalized spacial score (nSPS) is 10.0. The van der Waals surface area contributed by atoms with Crippen molar-refractivity contribution in [2.24, 2.45) is 0 Å². The highest BCUT2D eigenvalue weighted by atomic mass is 35.5. The summed E-state index contributed by atoms with van der Waals surface area (Å²) in [4.78, 5) is 4.22. The molecule has 0 aliphatic rings. The molecule has 0 atom stereocenters. The van der Waals surface area contributed by atoms with E-state index in [9.17, 15) is 0 Å². The molecule has 0 saturated carbocycles. The van der Waals surface area contributed by atoms with E-state index >= 15 is 0 Å². The summed E-state index contributed by atoms with van der Waals surface area (Å²) in [6.45, 7) is 3.02. The van der Waals surface area contributed by atoms with Crippen molar-refractivity contribution < 1.29 is 4.74 Å². The molecular weight excluding hydrogens is 306 g/mol. The number of anilines is 1. The second kappa shape index (κ2) is 7.81. The van der Waals surface area contributed by atoms with Gasteiger partial charge in [-0.15, -0.1) is 0 Å². The Balaban J connectivity index is 1.70. The minimum atomic E-state index is 0.465. The monoisotopic (exact) mass is 321 g/mol. The number of hydrogen-bond acceptors (Lipinski definition) is 3. The maximum atomic E-state index is 5.99. The van der Waals surface area contributed by atoms with Crippen LogP contribution >= 0.6 is 23.8 Å². The van der Waals surface area contributed by atoms with Crippen molar-refractivity contribution in [3.05, 3.63) is 53.2 Å². The Morgan fingerprint density at radius 3 is 2.81 bits per heavy atom. The second-order valence-electron chi connectivity index (χ2n) is 4.38. The Morgan fingerprint density at radius 1 is 1.29 bits per heavy atom. The van der Waals surface area contributed by atoms with Gasteiger partial charge in [0.15, 0.2) is 5.11 Å². The van der Waals surface area contributed by atoms with Gasteiger partial charge in [0.25, 0.3) is 0 Å². The van der Waals surface area contributed by atoms with Crippen molar-refractivity contribution >= 4 is 34.7 Å². The van der Waals surface area contributed by atoms with Crippen molar-refractivity contribution in [2.45, 2.75) is 6.92 Å². The highest BCUT2D eigenvalue weighted by molar-refractivity contribution is 7.80. The molecule has 6 heteroatoms. The van der Waals surface area contributed by atoms with Gasteiger partial charge in [-0.2, -0.15) is 0 Å². The number of rotatable bonds is 5. The minimum Gasteiger partial charge on any atom is -0.490 e. The first-order valence-electron chi connectivity index (χ1n) is 6.50. The summed E-state index contributed by atoms with van der Waals surface area (Å²) in [5.41, 5.74) is 1.10. The zero-order valence-corrected chi connectivity index (χ0v) is 13.2. The molecule has 0 radical (unpaired) electrons. The van der Waals surface area contributed by atoms with Crippen LogP contribution in [0, 0.1) is 6.92 Å². The fourth-order valence-corrected chi connectivity index (χ4v) is 1.99. The van der Waals surface area contributed by atoms with Crippen LogP contribution in [0.5, 0.6) is 5.75 Å². The van der Waals surface area contributed by atoms with Gasteiger partial charge in [-0.25, -0.2) is 4.98 Å². The molecule has 0 aliphatic carbocycles. The molecule has 0 amide bonds. The van der Waals surface area contributed by atoms with Crippen molar-refractivity contribution in [1.29, 1.82) is 0 Å². The smallest absolute Gasteiger partial charge is 0.172 e. The molecule has 21 heavy (non-hydrogen) atoms. The summed E-state index contributed by atoms with van der Waals surface area (Å²) in [6, 6.07) is 11.2. The highest BCUT2D eigenvalue weighted by Gasteiger charge is 2.01. The lowest BCUT2D eigenvalue weighted by atomic mass is 10.3. The number of nitrogens with one attached hydrogen (secondary N) is 2. The van der Waals surface area contributed by atoms with Crippen LogP contribution in [0.4, 0.5) is 5.82 Å². The van der Waals surface area contributed by atoms with E-state index in [1.165, 1.54) is 0 Å². The number of thiocarbonyl (C=S) groups is 1. The lowest BCUT2D eigenvalue weighted by Gasteiger charge is -2.11. The molecule has 0 aliphatic heterocycles. The van der Waals surface area contributed by atoms with Crippen LogP contribution in [0.15, 0.2) is 42.6 Å². The fraction of sp³-hybridized carbons (Fsp3) is 0.200. The Morgan fingerprint density at radius 2 is 2.10 bits per heavy atom. The molecule has 0 saturated heterocycles. The molecule has 110 valence electrons. The molecule has 4 nitrogen and oxygen atoms in total. The first kappa shape index (κ1) is 15.5. The third-order valence-electron chi connectivity index (χ3n) is 2.63. The van der Waals surface area contributed by atoms with E-state index in [0.29, 0.717) is 34.9 Å². The van der Waals surface area contributed by atoms with E-state index in [1.807, 2.05) is 37.3 Å². The topological polar surface area (TPSA) is 46.2 Å². The summed E-state index contributed by atoms with van der Waals surface area (Å²) in [6.07, 6.45) is 1.78. The Labute approximate surface area is 134 Å². The molecule has 1 heterocycles.